The lowest BCUT2D eigenvalue weighted by Gasteiger charge is -2.39. The van der Waals surface area contributed by atoms with Crippen LogP contribution in [0.2, 0.25) is 10.0 Å². The van der Waals surface area contributed by atoms with Crippen molar-refractivity contribution in [3.63, 3.8) is 0 Å². The highest BCUT2D eigenvalue weighted by Gasteiger charge is 2.34. The predicted octanol–water partition coefficient (Wildman–Crippen LogP) is 9.38. The first-order valence-corrected chi connectivity index (χ1v) is 13.8. The third-order valence-corrected chi connectivity index (χ3v) is 7.62. The first kappa shape index (κ1) is 25.2. The van der Waals surface area contributed by atoms with Gasteiger partial charge in [0.1, 0.15) is 0 Å². The third-order valence-electron chi connectivity index (χ3n) is 7.11. The Morgan fingerprint density at radius 2 is 1.28 bits per heavy atom. The first-order valence-electron chi connectivity index (χ1n) is 13.0. The standard InChI is InChI=1S/C34H26Cl2N2O/c35-25-14-18-27(19-15-25)37-34(39)30-13-7-12-29-31(23-8-3-1-4-9-23)22-32(24-10-5-2-6-11-24)38(33(29)30)28-20-16-26(36)17-21-28/h1-6,8-11,14-22H,7,12-13H2,(H,37,39). The molecular formula is C34H26Cl2N2O. The molecule has 3 nitrogen and oxygen atoms in total. The number of anilines is 2. The average molecular weight is 550 g/mol. The summed E-state index contributed by atoms with van der Waals surface area (Å²) in [5.41, 5.74) is 8.89. The SMILES string of the molecule is O=C(Nc1ccc(Cl)cc1)C1=C2C(=C(c3ccccc3)C=C(c3ccccc3)N2c2ccc(Cl)cc2)CCC1. The fourth-order valence-electron chi connectivity index (χ4n) is 5.32. The second-order valence-electron chi connectivity index (χ2n) is 9.61. The zero-order valence-corrected chi connectivity index (χ0v) is 22.7. The van der Waals surface area contributed by atoms with Crippen LogP contribution in [0.25, 0.3) is 11.3 Å². The molecule has 0 bridgehead atoms. The predicted molar refractivity (Wildman–Crippen MR) is 163 cm³/mol. The van der Waals surface area contributed by atoms with Crippen molar-refractivity contribution in [3.8, 4) is 0 Å². The maximum atomic E-state index is 13.9. The average Bonchev–Trinajstić information content (AvgIpc) is 2.98. The Morgan fingerprint density at radius 3 is 1.92 bits per heavy atom. The number of halogens is 2. The van der Waals surface area contributed by atoms with E-state index < -0.39 is 0 Å². The van der Waals surface area contributed by atoms with Gasteiger partial charge in [0.05, 0.1) is 11.4 Å². The molecule has 1 aliphatic carbocycles. The zero-order valence-electron chi connectivity index (χ0n) is 21.2. The minimum Gasteiger partial charge on any atom is -0.322 e. The van der Waals surface area contributed by atoms with Crippen molar-refractivity contribution in [2.45, 2.75) is 19.3 Å². The highest BCUT2D eigenvalue weighted by Crippen LogP contribution is 2.47. The number of carbonyl (C=O) groups is 1. The quantitative estimate of drug-likeness (QED) is 0.269. The van der Waals surface area contributed by atoms with Gasteiger partial charge >= 0.3 is 0 Å². The summed E-state index contributed by atoms with van der Waals surface area (Å²) in [4.78, 5) is 16.2. The largest absolute Gasteiger partial charge is 0.322 e. The van der Waals surface area contributed by atoms with Crippen LogP contribution in [-0.2, 0) is 4.79 Å². The second-order valence-corrected chi connectivity index (χ2v) is 10.5. The van der Waals surface area contributed by atoms with E-state index >= 15 is 0 Å². The molecule has 6 rings (SSSR count). The maximum Gasteiger partial charge on any atom is 0.253 e. The minimum atomic E-state index is -0.106. The molecular weight excluding hydrogens is 523 g/mol. The summed E-state index contributed by atoms with van der Waals surface area (Å²) in [6, 6.07) is 35.8. The van der Waals surface area contributed by atoms with E-state index in [2.05, 4.69) is 52.7 Å². The number of rotatable bonds is 5. The molecule has 1 N–H and O–H groups in total. The zero-order chi connectivity index (χ0) is 26.8. The van der Waals surface area contributed by atoms with E-state index in [-0.39, 0.29) is 5.91 Å². The molecule has 39 heavy (non-hydrogen) atoms. The van der Waals surface area contributed by atoms with E-state index in [1.165, 1.54) is 5.57 Å². The van der Waals surface area contributed by atoms with Crippen LogP contribution in [0.5, 0.6) is 0 Å². The van der Waals surface area contributed by atoms with Crippen LogP contribution in [-0.4, -0.2) is 5.91 Å². The Kier molecular flexibility index (Phi) is 7.10. The van der Waals surface area contributed by atoms with Gasteiger partial charge in [0.2, 0.25) is 0 Å². The van der Waals surface area contributed by atoms with Crippen LogP contribution in [0.3, 0.4) is 0 Å². The Balaban J connectivity index is 1.59. The van der Waals surface area contributed by atoms with Gasteiger partial charge in [-0.2, -0.15) is 0 Å². The molecule has 0 atom stereocenters. The van der Waals surface area contributed by atoms with Gasteiger partial charge in [0.25, 0.3) is 5.91 Å². The molecule has 0 radical (unpaired) electrons. The van der Waals surface area contributed by atoms with Crippen molar-refractivity contribution >= 4 is 51.8 Å². The molecule has 1 amide bonds. The number of carbonyl (C=O) groups excluding carboxylic acids is 1. The van der Waals surface area contributed by atoms with Crippen molar-refractivity contribution in [3.05, 3.63) is 153 Å². The summed E-state index contributed by atoms with van der Waals surface area (Å²) >= 11 is 12.4. The van der Waals surface area contributed by atoms with Crippen LogP contribution in [0.15, 0.2) is 132 Å². The summed E-state index contributed by atoms with van der Waals surface area (Å²) in [5.74, 6) is -0.106. The number of nitrogens with one attached hydrogen (secondary N) is 1. The number of fused-ring (bicyclic) bond motifs is 1. The van der Waals surface area contributed by atoms with E-state index in [0.717, 1.165) is 52.2 Å². The third kappa shape index (κ3) is 5.16. The summed E-state index contributed by atoms with van der Waals surface area (Å²) in [5, 5.41) is 4.41. The van der Waals surface area contributed by atoms with E-state index in [4.69, 9.17) is 23.2 Å². The van der Waals surface area contributed by atoms with Crippen LogP contribution in [0.4, 0.5) is 11.4 Å². The van der Waals surface area contributed by atoms with Crippen molar-refractivity contribution < 1.29 is 4.79 Å². The molecule has 0 spiro atoms. The molecule has 2 aliphatic rings. The smallest absolute Gasteiger partial charge is 0.253 e. The highest BCUT2D eigenvalue weighted by molar-refractivity contribution is 6.31. The lowest BCUT2D eigenvalue weighted by Crippen LogP contribution is -2.32. The van der Waals surface area contributed by atoms with Crippen LogP contribution in [0, 0.1) is 0 Å². The molecule has 0 fully saturated rings. The topological polar surface area (TPSA) is 32.3 Å². The summed E-state index contributed by atoms with van der Waals surface area (Å²) in [6.07, 6.45) is 4.70. The molecule has 0 aromatic heterocycles. The lowest BCUT2D eigenvalue weighted by atomic mass is 9.81. The fraction of sp³-hybridized carbons (Fsp3) is 0.0882. The molecule has 0 unspecified atom stereocenters. The van der Waals surface area contributed by atoms with Gasteiger partial charge in [0, 0.05) is 27.0 Å². The summed E-state index contributed by atoms with van der Waals surface area (Å²) < 4.78 is 0. The van der Waals surface area contributed by atoms with Gasteiger partial charge in [0.15, 0.2) is 0 Å². The Hall–Kier alpha value is -4.05. The van der Waals surface area contributed by atoms with Crippen molar-refractivity contribution in [1.29, 1.82) is 0 Å². The Bertz CT molecular complexity index is 1600. The van der Waals surface area contributed by atoms with Crippen LogP contribution >= 0.6 is 23.2 Å². The van der Waals surface area contributed by atoms with Crippen molar-refractivity contribution in [1.82, 2.24) is 0 Å². The van der Waals surface area contributed by atoms with Gasteiger partial charge in [-0.25, -0.2) is 0 Å². The normalized spacial score (nSPS) is 15.1. The molecule has 0 saturated carbocycles. The second kappa shape index (κ2) is 11.0. The lowest BCUT2D eigenvalue weighted by molar-refractivity contribution is -0.113. The van der Waals surface area contributed by atoms with Gasteiger partial charge in [-0.1, -0.05) is 83.9 Å². The number of hydrogen-bond donors (Lipinski definition) is 1. The number of amides is 1. The molecule has 5 heteroatoms. The Morgan fingerprint density at radius 1 is 0.692 bits per heavy atom. The van der Waals surface area contributed by atoms with E-state index in [9.17, 15) is 4.79 Å². The van der Waals surface area contributed by atoms with Gasteiger partial charge in [-0.05, 0) is 96.1 Å². The minimum absolute atomic E-state index is 0.106. The molecule has 1 heterocycles. The number of benzene rings is 4. The van der Waals surface area contributed by atoms with Crippen molar-refractivity contribution in [2.24, 2.45) is 0 Å². The number of hydrogen-bond acceptors (Lipinski definition) is 2. The first-order chi connectivity index (χ1) is 19.1. The molecule has 0 saturated heterocycles. The van der Waals surface area contributed by atoms with E-state index in [1.807, 2.05) is 60.7 Å². The summed E-state index contributed by atoms with van der Waals surface area (Å²) in [7, 11) is 0. The Labute approximate surface area is 238 Å². The van der Waals surface area contributed by atoms with E-state index in [0.29, 0.717) is 22.2 Å². The van der Waals surface area contributed by atoms with Gasteiger partial charge in [-0.3, -0.25) is 4.79 Å². The highest BCUT2D eigenvalue weighted by atomic mass is 35.5. The van der Waals surface area contributed by atoms with Crippen LogP contribution < -0.4 is 10.2 Å². The fourth-order valence-corrected chi connectivity index (χ4v) is 5.57. The van der Waals surface area contributed by atoms with Crippen LogP contribution in [0.1, 0.15) is 30.4 Å². The van der Waals surface area contributed by atoms with Crippen molar-refractivity contribution in [2.75, 3.05) is 10.2 Å². The molecule has 4 aromatic carbocycles. The maximum absolute atomic E-state index is 13.9. The number of allylic oxidation sites excluding steroid dienone is 3. The number of nitrogens with zero attached hydrogens (tertiary/aromatic N) is 1. The monoisotopic (exact) mass is 548 g/mol. The van der Waals surface area contributed by atoms with E-state index in [1.54, 1.807) is 12.1 Å². The van der Waals surface area contributed by atoms with Gasteiger partial charge in [-0.15, -0.1) is 0 Å². The summed E-state index contributed by atoms with van der Waals surface area (Å²) in [6.45, 7) is 0. The molecule has 1 aliphatic heterocycles. The molecule has 192 valence electrons. The molecule has 4 aromatic rings. The van der Waals surface area contributed by atoms with Gasteiger partial charge < -0.3 is 10.2 Å².